The van der Waals surface area contributed by atoms with Crippen molar-refractivity contribution in [2.24, 2.45) is 5.92 Å². The average molecular weight is 542 g/mol. The average Bonchev–Trinajstić information content (AvgIpc) is 3.47. The van der Waals surface area contributed by atoms with E-state index in [-0.39, 0.29) is 24.2 Å². The minimum atomic E-state index is -2.59. The van der Waals surface area contributed by atoms with Crippen LogP contribution in [0, 0.1) is 11.3 Å². The number of benzene rings is 1. The van der Waals surface area contributed by atoms with Crippen LogP contribution in [0.15, 0.2) is 24.7 Å². The number of thiophene rings is 1. The van der Waals surface area contributed by atoms with E-state index < -0.39 is 18.9 Å². The summed E-state index contributed by atoms with van der Waals surface area (Å²) in [6.45, 7) is 3.32. The summed E-state index contributed by atoms with van der Waals surface area (Å²) in [4.78, 5) is 24.3. The Morgan fingerprint density at radius 2 is 2.16 bits per heavy atom. The summed E-state index contributed by atoms with van der Waals surface area (Å²) < 4.78 is 31.3. The molecule has 3 N–H and O–H groups in total. The number of H-pyrrole nitrogens is 1. The Kier molecular flexibility index (Phi) is 7.24. The standard InChI is InChI=1S/C26H29F2N7O2S/c1-13(2)37-20-9-18-15(10-32-34-18)6-19(20)33-25-24-16-5-4-14(7-21(16)38-26(24)31-12-30-25)17(29)8-23(36)35(3)11-22(27)28/h6,9-10,12-14,22,29H,4-5,7-8,11H2,1-3H3,(H,32,34)(H,30,31,33). The van der Waals surface area contributed by atoms with Crippen molar-refractivity contribution in [3.8, 4) is 5.75 Å². The van der Waals surface area contributed by atoms with E-state index in [1.165, 1.54) is 13.4 Å². The predicted octanol–water partition coefficient (Wildman–Crippen LogP) is 5.34. The van der Waals surface area contributed by atoms with Gasteiger partial charge in [0.1, 0.15) is 22.7 Å². The molecule has 1 unspecified atom stereocenters. The van der Waals surface area contributed by atoms with Gasteiger partial charge in [-0.3, -0.25) is 9.89 Å². The van der Waals surface area contributed by atoms with Crippen molar-refractivity contribution in [2.45, 2.75) is 52.1 Å². The molecule has 3 heterocycles. The number of carbonyl (C=O) groups is 1. The molecular formula is C26H29F2N7O2S. The number of anilines is 2. The van der Waals surface area contributed by atoms with Crippen molar-refractivity contribution in [3.05, 3.63) is 35.1 Å². The maximum atomic E-state index is 12.6. The van der Waals surface area contributed by atoms with E-state index in [1.54, 1.807) is 17.5 Å². The van der Waals surface area contributed by atoms with Crippen molar-refractivity contribution in [1.82, 2.24) is 25.1 Å². The van der Waals surface area contributed by atoms with Gasteiger partial charge >= 0.3 is 0 Å². The Morgan fingerprint density at radius 3 is 2.92 bits per heavy atom. The molecule has 0 fully saturated rings. The number of aromatic nitrogens is 4. The Hall–Kier alpha value is -3.67. The predicted molar refractivity (Wildman–Crippen MR) is 144 cm³/mol. The number of halogens is 2. The van der Waals surface area contributed by atoms with E-state index in [1.807, 2.05) is 26.0 Å². The first kappa shape index (κ1) is 26.0. The number of carbonyl (C=O) groups excluding carboxylic acids is 1. The van der Waals surface area contributed by atoms with Crippen LogP contribution in [0.25, 0.3) is 21.1 Å². The molecule has 200 valence electrons. The number of fused-ring (bicyclic) bond motifs is 4. The molecule has 38 heavy (non-hydrogen) atoms. The van der Waals surface area contributed by atoms with E-state index in [2.05, 4.69) is 25.5 Å². The lowest BCUT2D eigenvalue weighted by Crippen LogP contribution is -2.34. The largest absolute Gasteiger partial charge is 0.489 e. The lowest BCUT2D eigenvalue weighted by molar-refractivity contribution is -0.130. The zero-order valence-electron chi connectivity index (χ0n) is 21.3. The highest BCUT2D eigenvalue weighted by atomic mass is 32.1. The van der Waals surface area contributed by atoms with Crippen LogP contribution in [0.5, 0.6) is 5.75 Å². The first-order valence-electron chi connectivity index (χ1n) is 12.4. The monoisotopic (exact) mass is 541 g/mol. The van der Waals surface area contributed by atoms with Crippen molar-refractivity contribution in [1.29, 1.82) is 5.41 Å². The Morgan fingerprint density at radius 1 is 1.34 bits per heavy atom. The van der Waals surface area contributed by atoms with E-state index in [4.69, 9.17) is 10.1 Å². The second-order valence-electron chi connectivity index (χ2n) is 9.81. The summed E-state index contributed by atoms with van der Waals surface area (Å²) in [6, 6.07) is 3.89. The van der Waals surface area contributed by atoms with Gasteiger partial charge < -0.3 is 20.4 Å². The summed E-state index contributed by atoms with van der Waals surface area (Å²) in [5.41, 5.74) is 3.08. The molecule has 5 rings (SSSR count). The first-order valence-corrected chi connectivity index (χ1v) is 13.3. The number of nitrogens with one attached hydrogen (secondary N) is 3. The number of amides is 1. The van der Waals surface area contributed by atoms with Gasteiger partial charge in [-0.25, -0.2) is 18.7 Å². The fourth-order valence-corrected chi connectivity index (χ4v) is 6.07. The lowest BCUT2D eigenvalue weighted by Gasteiger charge is -2.24. The minimum Gasteiger partial charge on any atom is -0.489 e. The molecule has 0 saturated carbocycles. The van der Waals surface area contributed by atoms with Gasteiger partial charge in [0, 0.05) is 35.0 Å². The van der Waals surface area contributed by atoms with E-state index >= 15 is 0 Å². The number of aryl methyl sites for hydroxylation is 1. The molecule has 0 radical (unpaired) electrons. The molecule has 12 heteroatoms. The second kappa shape index (κ2) is 10.6. The topological polar surface area (TPSA) is 120 Å². The maximum Gasteiger partial charge on any atom is 0.255 e. The number of alkyl halides is 2. The van der Waals surface area contributed by atoms with Crippen LogP contribution in [0.2, 0.25) is 0 Å². The second-order valence-corrected chi connectivity index (χ2v) is 10.9. The molecular weight excluding hydrogens is 512 g/mol. The molecule has 1 aliphatic carbocycles. The van der Waals surface area contributed by atoms with Gasteiger partial charge in [0.25, 0.3) is 6.43 Å². The quantitative estimate of drug-likeness (QED) is 0.246. The number of hydrogen-bond acceptors (Lipinski definition) is 8. The molecule has 4 aromatic rings. The molecule has 0 aliphatic heterocycles. The summed E-state index contributed by atoms with van der Waals surface area (Å²) in [5.74, 6) is 0.797. The smallest absolute Gasteiger partial charge is 0.255 e. The number of nitrogens with zero attached hydrogens (tertiary/aromatic N) is 4. The normalized spacial score (nSPS) is 15.3. The van der Waals surface area contributed by atoms with Crippen LogP contribution >= 0.6 is 11.3 Å². The third-order valence-corrected chi connectivity index (χ3v) is 7.84. The maximum absolute atomic E-state index is 12.6. The van der Waals surface area contributed by atoms with E-state index in [9.17, 15) is 13.6 Å². The molecule has 1 aromatic carbocycles. The van der Waals surface area contributed by atoms with Gasteiger partial charge in [0.2, 0.25) is 5.91 Å². The van der Waals surface area contributed by atoms with Crippen LogP contribution < -0.4 is 10.1 Å². The Labute approximate surface area is 222 Å². The molecule has 1 amide bonds. The van der Waals surface area contributed by atoms with Gasteiger partial charge in [0.05, 0.1) is 41.9 Å². The molecule has 3 aromatic heterocycles. The minimum absolute atomic E-state index is 0.0236. The Bertz CT molecular complexity index is 1500. The summed E-state index contributed by atoms with van der Waals surface area (Å²) in [5, 5.41) is 20.9. The highest BCUT2D eigenvalue weighted by Crippen LogP contribution is 2.42. The van der Waals surface area contributed by atoms with E-state index in [0.29, 0.717) is 30.8 Å². The molecule has 9 nitrogen and oxygen atoms in total. The molecule has 0 saturated heterocycles. The van der Waals surface area contributed by atoms with Crippen molar-refractivity contribution < 1.29 is 18.3 Å². The van der Waals surface area contributed by atoms with Gasteiger partial charge in [0.15, 0.2) is 0 Å². The highest BCUT2D eigenvalue weighted by molar-refractivity contribution is 7.19. The summed E-state index contributed by atoms with van der Waals surface area (Å²) in [6.07, 6.45) is 2.55. The van der Waals surface area contributed by atoms with Gasteiger partial charge in [-0.15, -0.1) is 11.3 Å². The number of rotatable bonds is 9. The summed E-state index contributed by atoms with van der Waals surface area (Å²) >= 11 is 1.57. The van der Waals surface area contributed by atoms with Crippen LogP contribution in [0.1, 0.15) is 37.1 Å². The van der Waals surface area contributed by atoms with Crippen LogP contribution in [0.4, 0.5) is 20.3 Å². The third-order valence-electron chi connectivity index (χ3n) is 6.67. The van der Waals surface area contributed by atoms with Gasteiger partial charge in [-0.05, 0) is 44.7 Å². The number of hydrogen-bond donors (Lipinski definition) is 3. The lowest BCUT2D eigenvalue weighted by atomic mass is 9.83. The SMILES string of the molecule is CC(C)Oc1cc2[nH]ncc2cc1Nc1ncnc2sc3c(c12)CCC(C(=N)CC(=O)N(C)CC(F)F)C3. The fraction of sp³-hybridized carbons (Fsp3) is 0.423. The number of ether oxygens (including phenoxy) is 1. The van der Waals surface area contributed by atoms with Crippen LogP contribution in [-0.4, -0.2) is 62.8 Å². The van der Waals surface area contributed by atoms with Gasteiger partial charge in [-0.1, -0.05) is 0 Å². The van der Waals surface area contributed by atoms with Crippen molar-refractivity contribution in [2.75, 3.05) is 18.9 Å². The van der Waals surface area contributed by atoms with Gasteiger partial charge in [-0.2, -0.15) is 5.10 Å². The highest BCUT2D eigenvalue weighted by Gasteiger charge is 2.29. The number of aromatic amines is 1. The summed E-state index contributed by atoms with van der Waals surface area (Å²) in [7, 11) is 1.35. The third kappa shape index (κ3) is 5.31. The van der Waals surface area contributed by atoms with Crippen molar-refractivity contribution >= 4 is 55.6 Å². The Balaban J connectivity index is 1.40. The van der Waals surface area contributed by atoms with Crippen LogP contribution in [-0.2, 0) is 17.6 Å². The molecule has 1 aliphatic rings. The zero-order chi connectivity index (χ0) is 27.0. The fourth-order valence-electron chi connectivity index (χ4n) is 4.80. The zero-order valence-corrected chi connectivity index (χ0v) is 22.2. The molecule has 1 atom stereocenters. The molecule has 0 spiro atoms. The van der Waals surface area contributed by atoms with Crippen molar-refractivity contribution in [3.63, 3.8) is 0 Å². The van der Waals surface area contributed by atoms with E-state index in [0.717, 1.165) is 42.1 Å². The van der Waals surface area contributed by atoms with Crippen LogP contribution in [0.3, 0.4) is 0 Å². The first-order chi connectivity index (χ1) is 18.2. The molecule has 0 bridgehead atoms.